The number of rotatable bonds is 4. The Morgan fingerprint density at radius 3 is 2.70 bits per heavy atom. The van der Waals surface area contributed by atoms with E-state index < -0.39 is 5.97 Å². The maximum Gasteiger partial charge on any atom is 0.345 e. The van der Waals surface area contributed by atoms with E-state index in [1.165, 1.54) is 11.3 Å². The molecule has 0 saturated carbocycles. The topological polar surface area (TPSA) is 56.7 Å². The highest BCUT2D eigenvalue weighted by molar-refractivity contribution is 7.14. The third-order valence-corrected chi connectivity index (χ3v) is 5.20. The number of carbonyl (C=O) groups is 1. The van der Waals surface area contributed by atoms with Gasteiger partial charge in [-0.1, -0.05) is 0 Å². The van der Waals surface area contributed by atoms with E-state index in [0.717, 1.165) is 42.7 Å². The largest absolute Gasteiger partial charge is 0.477 e. The van der Waals surface area contributed by atoms with E-state index in [1.54, 1.807) is 17.4 Å². The van der Waals surface area contributed by atoms with Gasteiger partial charge in [-0.2, -0.15) is 0 Å². The van der Waals surface area contributed by atoms with E-state index in [2.05, 4.69) is 14.8 Å². The van der Waals surface area contributed by atoms with Crippen molar-refractivity contribution in [1.29, 1.82) is 0 Å². The molecule has 0 spiro atoms. The minimum Gasteiger partial charge on any atom is -0.477 e. The number of hydrogen-bond donors (Lipinski definition) is 1. The van der Waals surface area contributed by atoms with E-state index >= 15 is 0 Å². The predicted octanol–water partition coefficient (Wildman–Crippen LogP) is 2.23. The van der Waals surface area contributed by atoms with Gasteiger partial charge in [0.15, 0.2) is 5.13 Å². The van der Waals surface area contributed by atoms with Crippen molar-refractivity contribution >= 4 is 33.8 Å². The quantitative estimate of drug-likeness (QED) is 0.938. The predicted molar refractivity (Wildman–Crippen MR) is 80.9 cm³/mol. The number of carboxylic acids is 1. The van der Waals surface area contributed by atoms with Crippen molar-refractivity contribution < 1.29 is 9.90 Å². The second-order valence-corrected chi connectivity index (χ2v) is 6.69. The van der Waals surface area contributed by atoms with Crippen LogP contribution in [0.1, 0.15) is 14.5 Å². The molecule has 1 aliphatic rings. The Morgan fingerprint density at radius 2 is 2.10 bits per heavy atom. The third-order valence-electron chi connectivity index (χ3n) is 3.31. The number of aromatic nitrogens is 1. The van der Waals surface area contributed by atoms with E-state index in [0.29, 0.717) is 4.88 Å². The van der Waals surface area contributed by atoms with Gasteiger partial charge in [0.2, 0.25) is 0 Å². The molecule has 0 bridgehead atoms. The van der Waals surface area contributed by atoms with Gasteiger partial charge in [0.25, 0.3) is 0 Å². The molecule has 0 radical (unpaired) electrons. The molecule has 1 aliphatic heterocycles. The Kier molecular flexibility index (Phi) is 4.00. The monoisotopic (exact) mass is 309 g/mol. The van der Waals surface area contributed by atoms with Crippen molar-refractivity contribution in [3.63, 3.8) is 0 Å². The zero-order valence-electron chi connectivity index (χ0n) is 10.9. The summed E-state index contributed by atoms with van der Waals surface area (Å²) in [5.41, 5.74) is 0. The van der Waals surface area contributed by atoms with Crippen LogP contribution in [0, 0.1) is 0 Å². The number of hydrogen-bond acceptors (Lipinski definition) is 6. The fraction of sp³-hybridized carbons (Fsp3) is 0.385. The maximum absolute atomic E-state index is 10.9. The zero-order valence-corrected chi connectivity index (χ0v) is 12.5. The number of piperazine rings is 1. The molecule has 3 rings (SSSR count). The molecule has 106 valence electrons. The molecular weight excluding hydrogens is 294 g/mol. The number of thiazole rings is 1. The average molecular weight is 309 g/mol. The summed E-state index contributed by atoms with van der Waals surface area (Å²) in [6.07, 6.45) is 1.84. The van der Waals surface area contributed by atoms with Crippen LogP contribution >= 0.6 is 22.7 Å². The second-order valence-electron chi connectivity index (χ2n) is 4.65. The molecule has 0 atom stereocenters. The van der Waals surface area contributed by atoms with Crippen LogP contribution in [-0.2, 0) is 6.54 Å². The van der Waals surface area contributed by atoms with E-state index in [4.69, 9.17) is 5.11 Å². The number of aromatic carboxylic acids is 1. The first-order valence-electron chi connectivity index (χ1n) is 6.41. The first kappa shape index (κ1) is 13.5. The molecule has 1 fully saturated rings. The fourth-order valence-corrected chi connectivity index (χ4v) is 3.85. The van der Waals surface area contributed by atoms with Crippen LogP contribution in [0.5, 0.6) is 0 Å². The molecule has 3 heterocycles. The number of anilines is 1. The van der Waals surface area contributed by atoms with Crippen molar-refractivity contribution in [2.75, 3.05) is 31.1 Å². The second kappa shape index (κ2) is 5.90. The summed E-state index contributed by atoms with van der Waals surface area (Å²) >= 11 is 3.04. The van der Waals surface area contributed by atoms with Crippen molar-refractivity contribution in [2.45, 2.75) is 6.54 Å². The Morgan fingerprint density at radius 1 is 1.30 bits per heavy atom. The highest BCUT2D eigenvalue weighted by atomic mass is 32.1. The summed E-state index contributed by atoms with van der Waals surface area (Å²) in [6.45, 7) is 4.76. The van der Waals surface area contributed by atoms with Crippen molar-refractivity contribution in [3.05, 3.63) is 33.5 Å². The molecule has 7 heteroatoms. The van der Waals surface area contributed by atoms with Crippen LogP contribution in [0.4, 0.5) is 5.13 Å². The van der Waals surface area contributed by atoms with Crippen LogP contribution in [-0.4, -0.2) is 47.1 Å². The minimum absolute atomic E-state index is 0.418. The SMILES string of the molecule is O=C(O)c1ccc(CN2CCN(c3nccs3)CC2)s1. The highest BCUT2D eigenvalue weighted by Crippen LogP contribution is 2.22. The molecule has 1 N–H and O–H groups in total. The summed E-state index contributed by atoms with van der Waals surface area (Å²) in [4.78, 5) is 21.4. The van der Waals surface area contributed by atoms with Gasteiger partial charge in [-0.3, -0.25) is 4.90 Å². The Balaban J connectivity index is 1.54. The molecule has 0 aliphatic carbocycles. The number of carboxylic acid groups (broad SMARTS) is 1. The van der Waals surface area contributed by atoms with Gasteiger partial charge in [0.1, 0.15) is 4.88 Å². The number of thiophene rings is 1. The van der Waals surface area contributed by atoms with Gasteiger partial charge >= 0.3 is 5.97 Å². The summed E-state index contributed by atoms with van der Waals surface area (Å²) in [6, 6.07) is 3.61. The molecule has 1 saturated heterocycles. The van der Waals surface area contributed by atoms with Gasteiger partial charge in [0.05, 0.1) is 0 Å². The Bertz CT molecular complexity index is 574. The maximum atomic E-state index is 10.9. The summed E-state index contributed by atoms with van der Waals surface area (Å²) in [7, 11) is 0. The molecule has 2 aromatic rings. The summed E-state index contributed by atoms with van der Waals surface area (Å²) in [5, 5.41) is 12.0. The summed E-state index contributed by atoms with van der Waals surface area (Å²) in [5.74, 6) is -0.838. The van der Waals surface area contributed by atoms with Gasteiger partial charge < -0.3 is 10.0 Å². The Hall–Kier alpha value is -1.44. The molecule has 0 amide bonds. The van der Waals surface area contributed by atoms with Gasteiger partial charge in [0, 0.05) is 49.2 Å². The lowest BCUT2D eigenvalue weighted by Crippen LogP contribution is -2.45. The van der Waals surface area contributed by atoms with Crippen LogP contribution in [0.25, 0.3) is 0 Å². The molecule has 0 aromatic carbocycles. The fourth-order valence-electron chi connectivity index (χ4n) is 2.27. The molecular formula is C13H15N3O2S2. The van der Waals surface area contributed by atoms with Crippen molar-refractivity contribution in [1.82, 2.24) is 9.88 Å². The van der Waals surface area contributed by atoms with E-state index in [1.807, 2.05) is 17.6 Å². The van der Waals surface area contributed by atoms with Crippen LogP contribution in [0.3, 0.4) is 0 Å². The normalized spacial score (nSPS) is 16.5. The lowest BCUT2D eigenvalue weighted by atomic mass is 10.3. The molecule has 20 heavy (non-hydrogen) atoms. The highest BCUT2D eigenvalue weighted by Gasteiger charge is 2.19. The van der Waals surface area contributed by atoms with Crippen LogP contribution < -0.4 is 4.90 Å². The van der Waals surface area contributed by atoms with Gasteiger partial charge in [-0.25, -0.2) is 9.78 Å². The van der Waals surface area contributed by atoms with Gasteiger partial charge in [-0.05, 0) is 12.1 Å². The Labute approximate surface area is 125 Å². The average Bonchev–Trinajstić information content (AvgIpc) is 3.10. The lowest BCUT2D eigenvalue weighted by molar-refractivity contribution is 0.0702. The van der Waals surface area contributed by atoms with Crippen molar-refractivity contribution in [3.8, 4) is 0 Å². The standard InChI is InChI=1S/C13H15N3O2S2/c17-12(18)11-2-1-10(20-11)9-15-4-6-16(7-5-15)13-14-3-8-19-13/h1-3,8H,4-7,9H2,(H,17,18). The zero-order chi connectivity index (χ0) is 13.9. The van der Waals surface area contributed by atoms with Crippen LogP contribution in [0.2, 0.25) is 0 Å². The lowest BCUT2D eigenvalue weighted by Gasteiger charge is -2.34. The smallest absolute Gasteiger partial charge is 0.345 e. The summed E-state index contributed by atoms with van der Waals surface area (Å²) < 4.78 is 0. The first-order chi connectivity index (χ1) is 9.72. The van der Waals surface area contributed by atoms with E-state index in [-0.39, 0.29) is 0 Å². The third kappa shape index (κ3) is 3.00. The number of nitrogens with zero attached hydrogens (tertiary/aromatic N) is 3. The van der Waals surface area contributed by atoms with Gasteiger partial charge in [-0.15, -0.1) is 22.7 Å². The molecule has 5 nitrogen and oxygen atoms in total. The van der Waals surface area contributed by atoms with Crippen molar-refractivity contribution in [2.24, 2.45) is 0 Å². The molecule has 2 aromatic heterocycles. The van der Waals surface area contributed by atoms with E-state index in [9.17, 15) is 4.79 Å². The minimum atomic E-state index is -0.838. The molecule has 0 unspecified atom stereocenters. The van der Waals surface area contributed by atoms with Crippen LogP contribution in [0.15, 0.2) is 23.7 Å². The first-order valence-corrected chi connectivity index (χ1v) is 8.11.